The van der Waals surface area contributed by atoms with Crippen molar-refractivity contribution in [2.75, 3.05) is 6.61 Å². The molecule has 0 aliphatic carbocycles. The number of amidine groups is 1. The molecule has 0 saturated carbocycles. The lowest BCUT2D eigenvalue weighted by Crippen LogP contribution is -2.27. The summed E-state index contributed by atoms with van der Waals surface area (Å²) in [4.78, 5) is 3.74. The first kappa shape index (κ1) is 7.91. The van der Waals surface area contributed by atoms with Gasteiger partial charge in [-0.05, 0) is 13.8 Å². The zero-order chi connectivity index (χ0) is 8.27. The second kappa shape index (κ2) is 3.27. The van der Waals surface area contributed by atoms with E-state index >= 15 is 0 Å². The van der Waals surface area contributed by atoms with E-state index in [-0.39, 0.29) is 5.88 Å². The van der Waals surface area contributed by atoms with Crippen LogP contribution < -0.4 is 5.32 Å². The molecule has 0 aromatic carbocycles. The summed E-state index contributed by atoms with van der Waals surface area (Å²) in [5, 5.41) is 11.9. The minimum atomic E-state index is 0.00667. The maximum atomic E-state index is 9.12. The fraction of sp³-hybridized carbons (Fsp3) is 0.429. The minimum Gasteiger partial charge on any atom is -0.493 e. The second-order valence-corrected chi connectivity index (χ2v) is 2.15. The molecule has 0 aromatic heterocycles. The first-order valence-electron chi connectivity index (χ1n) is 3.45. The minimum absolute atomic E-state index is 0.00667. The molecule has 1 aliphatic rings. The Labute approximate surface area is 65.6 Å². The third-order valence-electron chi connectivity index (χ3n) is 1.25. The van der Waals surface area contributed by atoms with Gasteiger partial charge in [-0.2, -0.15) is 4.99 Å². The van der Waals surface area contributed by atoms with Crippen LogP contribution >= 0.6 is 0 Å². The maximum absolute atomic E-state index is 9.12. The second-order valence-electron chi connectivity index (χ2n) is 2.15. The van der Waals surface area contributed by atoms with Crippen molar-refractivity contribution >= 4 is 6.02 Å². The smallest absolute Gasteiger partial charge is 0.293 e. The van der Waals surface area contributed by atoms with Crippen LogP contribution in [0, 0.1) is 6.54 Å². The number of nitrogens with one attached hydrogen (secondary N) is 1. The van der Waals surface area contributed by atoms with E-state index < -0.39 is 0 Å². The molecular formula is C7H11N2O2. The Kier molecular flexibility index (Phi) is 2.36. The standard InChI is InChI=1S/C7H11N2O2/c1-3-11-7-8-4-5(2)6(10)9-7/h4,10H,3H2,1-2H3,(H,8,9). The van der Waals surface area contributed by atoms with Gasteiger partial charge < -0.3 is 15.2 Å². The van der Waals surface area contributed by atoms with Crippen molar-refractivity contribution < 1.29 is 9.84 Å². The predicted molar refractivity (Wildman–Crippen MR) is 41.8 cm³/mol. The van der Waals surface area contributed by atoms with Crippen LogP contribution in [0.4, 0.5) is 0 Å². The van der Waals surface area contributed by atoms with E-state index in [1.54, 1.807) is 13.5 Å². The van der Waals surface area contributed by atoms with Gasteiger partial charge in [-0.15, -0.1) is 0 Å². The van der Waals surface area contributed by atoms with Gasteiger partial charge >= 0.3 is 0 Å². The first-order valence-corrected chi connectivity index (χ1v) is 3.45. The summed E-state index contributed by atoms with van der Waals surface area (Å²) in [7, 11) is 0. The van der Waals surface area contributed by atoms with Crippen molar-refractivity contribution in [1.29, 1.82) is 0 Å². The zero-order valence-corrected chi connectivity index (χ0v) is 6.59. The van der Waals surface area contributed by atoms with Gasteiger partial charge in [-0.1, -0.05) is 0 Å². The van der Waals surface area contributed by atoms with Crippen LogP contribution in [-0.4, -0.2) is 17.7 Å². The van der Waals surface area contributed by atoms with E-state index in [4.69, 9.17) is 9.84 Å². The van der Waals surface area contributed by atoms with E-state index in [0.717, 1.165) is 0 Å². The third kappa shape index (κ3) is 1.86. The number of hydrogen-bond acceptors (Lipinski definition) is 4. The van der Waals surface area contributed by atoms with Gasteiger partial charge in [0.05, 0.1) is 13.2 Å². The number of aliphatic hydroxyl groups excluding tert-OH is 1. The summed E-state index contributed by atoms with van der Waals surface area (Å²) in [6, 6.07) is 0.343. The molecule has 1 rings (SSSR count). The van der Waals surface area contributed by atoms with Gasteiger partial charge in [0.2, 0.25) is 5.88 Å². The first-order chi connectivity index (χ1) is 5.24. The lowest BCUT2D eigenvalue weighted by Gasteiger charge is -2.14. The summed E-state index contributed by atoms with van der Waals surface area (Å²) in [5.74, 6) is 0.00667. The molecule has 11 heavy (non-hydrogen) atoms. The Morgan fingerprint density at radius 2 is 2.45 bits per heavy atom. The highest BCUT2D eigenvalue weighted by Gasteiger charge is 2.10. The number of nitrogens with zero attached hydrogens (tertiary/aromatic N) is 1. The van der Waals surface area contributed by atoms with Crippen molar-refractivity contribution in [3.05, 3.63) is 18.0 Å². The number of hydrogen-bond donors (Lipinski definition) is 2. The molecule has 61 valence electrons. The zero-order valence-electron chi connectivity index (χ0n) is 6.59. The molecule has 2 N–H and O–H groups in total. The quantitative estimate of drug-likeness (QED) is 0.592. The molecule has 4 heteroatoms. The summed E-state index contributed by atoms with van der Waals surface area (Å²) < 4.78 is 5.01. The molecule has 0 amide bonds. The fourth-order valence-electron chi connectivity index (χ4n) is 0.662. The Morgan fingerprint density at radius 3 is 3.00 bits per heavy atom. The van der Waals surface area contributed by atoms with Gasteiger partial charge in [0.15, 0.2) is 0 Å². The highest BCUT2D eigenvalue weighted by molar-refractivity contribution is 5.77. The molecule has 1 heterocycles. The monoisotopic (exact) mass is 155 g/mol. The predicted octanol–water partition coefficient (Wildman–Crippen LogP) is 0.933. The van der Waals surface area contributed by atoms with Gasteiger partial charge in [0.1, 0.15) is 0 Å². The Hall–Kier alpha value is -1.19. The molecule has 0 aromatic rings. The van der Waals surface area contributed by atoms with Crippen LogP contribution in [0.2, 0.25) is 0 Å². The lowest BCUT2D eigenvalue weighted by atomic mass is 10.3. The van der Waals surface area contributed by atoms with Crippen LogP contribution in [0.1, 0.15) is 13.8 Å². The maximum Gasteiger partial charge on any atom is 0.293 e. The van der Waals surface area contributed by atoms with Gasteiger partial charge in [-0.3, -0.25) is 0 Å². The Balaban J connectivity index is 2.64. The molecule has 0 fully saturated rings. The summed E-state index contributed by atoms with van der Waals surface area (Å²) in [6.45, 7) is 5.79. The normalized spacial score (nSPS) is 17.5. The average molecular weight is 155 g/mol. The van der Waals surface area contributed by atoms with Crippen molar-refractivity contribution in [3.8, 4) is 0 Å². The van der Waals surface area contributed by atoms with Crippen LogP contribution in [-0.2, 0) is 4.74 Å². The van der Waals surface area contributed by atoms with Crippen molar-refractivity contribution in [2.24, 2.45) is 4.99 Å². The van der Waals surface area contributed by atoms with Crippen LogP contribution in [0.15, 0.2) is 16.4 Å². The average Bonchev–Trinajstić information content (AvgIpc) is 1.98. The summed E-state index contributed by atoms with van der Waals surface area (Å²) in [6.07, 6.45) is 0. The molecule has 0 bridgehead atoms. The van der Waals surface area contributed by atoms with Crippen molar-refractivity contribution in [1.82, 2.24) is 5.32 Å². The molecular weight excluding hydrogens is 144 g/mol. The SMILES string of the molecule is CCOC1=NC(O)=C(C)[CH]N1. The molecule has 1 aliphatic heterocycles. The number of rotatable bonds is 1. The van der Waals surface area contributed by atoms with Crippen molar-refractivity contribution in [3.63, 3.8) is 0 Å². The van der Waals surface area contributed by atoms with Crippen LogP contribution in [0.3, 0.4) is 0 Å². The summed E-state index contributed by atoms with van der Waals surface area (Å²) in [5.41, 5.74) is 0.702. The molecule has 1 radical (unpaired) electrons. The van der Waals surface area contributed by atoms with Gasteiger partial charge in [-0.25, -0.2) is 0 Å². The summed E-state index contributed by atoms with van der Waals surface area (Å²) >= 11 is 0. The van der Waals surface area contributed by atoms with E-state index in [0.29, 0.717) is 18.2 Å². The topological polar surface area (TPSA) is 53.9 Å². The molecule has 0 saturated heterocycles. The van der Waals surface area contributed by atoms with Crippen LogP contribution in [0.25, 0.3) is 0 Å². The molecule has 0 atom stereocenters. The van der Waals surface area contributed by atoms with E-state index in [9.17, 15) is 0 Å². The highest BCUT2D eigenvalue weighted by Crippen LogP contribution is 2.08. The largest absolute Gasteiger partial charge is 0.493 e. The van der Waals surface area contributed by atoms with Gasteiger partial charge in [0.25, 0.3) is 6.02 Å². The van der Waals surface area contributed by atoms with Gasteiger partial charge in [0, 0.05) is 5.57 Å². The van der Waals surface area contributed by atoms with E-state index in [1.165, 1.54) is 0 Å². The van der Waals surface area contributed by atoms with Crippen molar-refractivity contribution in [2.45, 2.75) is 13.8 Å². The fourth-order valence-corrected chi connectivity index (χ4v) is 0.662. The molecule has 4 nitrogen and oxygen atoms in total. The lowest BCUT2D eigenvalue weighted by molar-refractivity contribution is 0.302. The van der Waals surface area contributed by atoms with Crippen LogP contribution in [0.5, 0.6) is 0 Å². The Bertz CT molecular complexity index is 204. The number of aliphatic hydroxyl groups is 1. The highest BCUT2D eigenvalue weighted by atomic mass is 16.5. The number of aliphatic imine (C=N–C) groups is 1. The van der Waals surface area contributed by atoms with E-state index in [2.05, 4.69) is 10.3 Å². The van der Waals surface area contributed by atoms with E-state index in [1.807, 2.05) is 6.92 Å². The third-order valence-corrected chi connectivity index (χ3v) is 1.25. The molecule has 0 spiro atoms. The number of ether oxygens (including phenoxy) is 1. The molecule has 0 unspecified atom stereocenters. The Morgan fingerprint density at radius 1 is 1.73 bits per heavy atom.